The quantitative estimate of drug-likeness (QED) is 0.879. The van der Waals surface area contributed by atoms with E-state index >= 15 is 0 Å². The molecule has 100 valence electrons. The average Bonchev–Trinajstić information content (AvgIpc) is 2.42. The van der Waals surface area contributed by atoms with Crippen LogP contribution in [0.15, 0.2) is 24.3 Å². The molecule has 1 N–H and O–H groups in total. The smallest absolute Gasteiger partial charge is 0.0307 e. The van der Waals surface area contributed by atoms with Crippen LogP contribution in [0.3, 0.4) is 0 Å². The molecule has 1 aliphatic rings. The second-order valence-electron chi connectivity index (χ2n) is 5.62. The summed E-state index contributed by atoms with van der Waals surface area (Å²) in [4.78, 5) is 2.63. The van der Waals surface area contributed by atoms with Crippen LogP contribution in [0.1, 0.15) is 38.3 Å². The predicted molar refractivity (Wildman–Crippen MR) is 77.8 cm³/mol. The monoisotopic (exact) mass is 246 g/mol. The van der Waals surface area contributed by atoms with Crippen LogP contribution in [-0.2, 0) is 13.0 Å². The molecule has 1 saturated heterocycles. The van der Waals surface area contributed by atoms with Crippen molar-refractivity contribution in [2.45, 2.75) is 45.7 Å². The normalized spacial score (nSPS) is 25.3. The third-order valence-corrected chi connectivity index (χ3v) is 4.39. The van der Waals surface area contributed by atoms with Crippen molar-refractivity contribution in [3.8, 4) is 0 Å². The summed E-state index contributed by atoms with van der Waals surface area (Å²) in [5.74, 6) is 0. The molecular weight excluding hydrogens is 220 g/mol. The second kappa shape index (κ2) is 5.85. The van der Waals surface area contributed by atoms with Gasteiger partial charge in [0, 0.05) is 31.7 Å². The van der Waals surface area contributed by atoms with Crippen molar-refractivity contribution in [2.24, 2.45) is 0 Å². The van der Waals surface area contributed by atoms with Crippen LogP contribution in [0.4, 0.5) is 0 Å². The van der Waals surface area contributed by atoms with Crippen molar-refractivity contribution >= 4 is 0 Å². The molecule has 0 saturated carbocycles. The van der Waals surface area contributed by atoms with E-state index in [0.717, 1.165) is 32.6 Å². The third-order valence-electron chi connectivity index (χ3n) is 4.39. The van der Waals surface area contributed by atoms with Crippen LogP contribution in [0.5, 0.6) is 0 Å². The zero-order chi connectivity index (χ0) is 13.0. The lowest BCUT2D eigenvalue weighted by molar-refractivity contribution is 0.0637. The van der Waals surface area contributed by atoms with Crippen LogP contribution in [0.2, 0.25) is 0 Å². The van der Waals surface area contributed by atoms with E-state index in [-0.39, 0.29) is 0 Å². The minimum atomic E-state index is 0.307. The number of rotatable bonds is 4. The summed E-state index contributed by atoms with van der Waals surface area (Å²) in [6.45, 7) is 11.3. The van der Waals surface area contributed by atoms with Crippen molar-refractivity contribution in [3.63, 3.8) is 0 Å². The Kier molecular flexibility index (Phi) is 4.41. The minimum Gasteiger partial charge on any atom is -0.314 e. The fourth-order valence-corrected chi connectivity index (χ4v) is 2.67. The summed E-state index contributed by atoms with van der Waals surface area (Å²) in [6.07, 6.45) is 2.33. The first-order valence-electron chi connectivity index (χ1n) is 7.21. The molecule has 0 bridgehead atoms. The molecule has 0 aromatic heterocycles. The van der Waals surface area contributed by atoms with E-state index < -0.39 is 0 Å². The van der Waals surface area contributed by atoms with Gasteiger partial charge in [-0.3, -0.25) is 4.90 Å². The molecule has 18 heavy (non-hydrogen) atoms. The van der Waals surface area contributed by atoms with E-state index in [1.54, 1.807) is 0 Å². The van der Waals surface area contributed by atoms with Gasteiger partial charge < -0.3 is 5.32 Å². The molecule has 2 heteroatoms. The molecule has 1 aromatic carbocycles. The Morgan fingerprint density at radius 2 is 1.83 bits per heavy atom. The highest BCUT2D eigenvalue weighted by molar-refractivity contribution is 5.22. The lowest BCUT2D eigenvalue weighted by Gasteiger charge is -2.45. The number of hydrogen-bond donors (Lipinski definition) is 1. The zero-order valence-electron chi connectivity index (χ0n) is 12.0. The SMILES string of the molecule is CCc1ccc(CN2CCNCC2(C)CC)cc1. The largest absolute Gasteiger partial charge is 0.314 e. The molecule has 2 nitrogen and oxygen atoms in total. The number of nitrogens with zero attached hydrogens (tertiary/aromatic N) is 1. The van der Waals surface area contributed by atoms with Crippen LogP contribution in [0, 0.1) is 0 Å². The fraction of sp³-hybridized carbons (Fsp3) is 0.625. The number of piperazine rings is 1. The van der Waals surface area contributed by atoms with Crippen molar-refractivity contribution in [1.82, 2.24) is 10.2 Å². The first-order chi connectivity index (χ1) is 8.68. The summed E-state index contributed by atoms with van der Waals surface area (Å²) >= 11 is 0. The Hall–Kier alpha value is -0.860. The molecule has 1 fully saturated rings. The van der Waals surface area contributed by atoms with Crippen LogP contribution >= 0.6 is 0 Å². The minimum absolute atomic E-state index is 0.307. The van der Waals surface area contributed by atoms with Crippen molar-refractivity contribution in [1.29, 1.82) is 0 Å². The predicted octanol–water partition coefficient (Wildman–Crippen LogP) is 2.82. The molecular formula is C16H26N2. The first kappa shape index (κ1) is 13.6. The Labute approximate surface area is 111 Å². The van der Waals surface area contributed by atoms with E-state index in [1.165, 1.54) is 17.5 Å². The lowest BCUT2D eigenvalue weighted by atomic mass is 9.93. The van der Waals surface area contributed by atoms with Gasteiger partial charge in [0.1, 0.15) is 0 Å². The summed E-state index contributed by atoms with van der Waals surface area (Å²) in [6, 6.07) is 9.11. The maximum Gasteiger partial charge on any atom is 0.0307 e. The molecule has 0 radical (unpaired) electrons. The highest BCUT2D eigenvalue weighted by atomic mass is 15.2. The van der Waals surface area contributed by atoms with Gasteiger partial charge in [-0.15, -0.1) is 0 Å². The highest BCUT2D eigenvalue weighted by Gasteiger charge is 2.32. The summed E-state index contributed by atoms with van der Waals surface area (Å²) in [5, 5.41) is 3.52. The molecule has 1 aromatic rings. The van der Waals surface area contributed by atoms with Gasteiger partial charge >= 0.3 is 0 Å². The number of benzene rings is 1. The average molecular weight is 246 g/mol. The van der Waals surface area contributed by atoms with E-state index in [2.05, 4.69) is 55.3 Å². The van der Waals surface area contributed by atoms with Gasteiger partial charge in [0.2, 0.25) is 0 Å². The number of aryl methyl sites for hydroxylation is 1. The topological polar surface area (TPSA) is 15.3 Å². The number of nitrogens with one attached hydrogen (secondary N) is 1. The Morgan fingerprint density at radius 3 is 2.44 bits per heavy atom. The van der Waals surface area contributed by atoms with Crippen LogP contribution in [0.25, 0.3) is 0 Å². The molecule has 1 aliphatic heterocycles. The Morgan fingerprint density at radius 1 is 1.17 bits per heavy atom. The Balaban J connectivity index is 2.06. The van der Waals surface area contributed by atoms with Gasteiger partial charge in [0.05, 0.1) is 0 Å². The maximum absolute atomic E-state index is 3.52. The molecule has 1 heterocycles. The van der Waals surface area contributed by atoms with Crippen molar-refractivity contribution in [2.75, 3.05) is 19.6 Å². The standard InChI is InChI=1S/C16H26N2/c1-4-14-6-8-15(9-7-14)12-18-11-10-17-13-16(18,3)5-2/h6-9,17H,4-5,10-13H2,1-3H3. The molecule has 1 atom stereocenters. The maximum atomic E-state index is 3.52. The molecule has 2 rings (SSSR count). The van der Waals surface area contributed by atoms with E-state index in [4.69, 9.17) is 0 Å². The molecule has 0 amide bonds. The zero-order valence-corrected chi connectivity index (χ0v) is 12.0. The summed E-state index contributed by atoms with van der Waals surface area (Å²) < 4.78 is 0. The van der Waals surface area contributed by atoms with Gasteiger partial charge in [-0.1, -0.05) is 38.1 Å². The summed E-state index contributed by atoms with van der Waals surface area (Å²) in [7, 11) is 0. The van der Waals surface area contributed by atoms with Gasteiger partial charge in [0.15, 0.2) is 0 Å². The molecule has 1 unspecified atom stereocenters. The van der Waals surface area contributed by atoms with Crippen LogP contribution < -0.4 is 5.32 Å². The lowest BCUT2D eigenvalue weighted by Crippen LogP contribution is -2.58. The van der Waals surface area contributed by atoms with Crippen molar-refractivity contribution in [3.05, 3.63) is 35.4 Å². The van der Waals surface area contributed by atoms with E-state index in [1.807, 2.05) is 0 Å². The van der Waals surface area contributed by atoms with Gasteiger partial charge in [-0.2, -0.15) is 0 Å². The first-order valence-corrected chi connectivity index (χ1v) is 7.21. The van der Waals surface area contributed by atoms with Gasteiger partial charge in [-0.25, -0.2) is 0 Å². The van der Waals surface area contributed by atoms with Crippen molar-refractivity contribution < 1.29 is 0 Å². The van der Waals surface area contributed by atoms with Gasteiger partial charge in [-0.05, 0) is 30.9 Å². The van der Waals surface area contributed by atoms with E-state index in [9.17, 15) is 0 Å². The molecule has 0 spiro atoms. The second-order valence-corrected chi connectivity index (χ2v) is 5.62. The third kappa shape index (κ3) is 2.93. The highest BCUT2D eigenvalue weighted by Crippen LogP contribution is 2.23. The number of hydrogen-bond acceptors (Lipinski definition) is 2. The molecule has 0 aliphatic carbocycles. The van der Waals surface area contributed by atoms with Crippen LogP contribution in [-0.4, -0.2) is 30.1 Å². The summed E-state index contributed by atoms with van der Waals surface area (Å²) in [5.41, 5.74) is 3.17. The van der Waals surface area contributed by atoms with E-state index in [0.29, 0.717) is 5.54 Å². The Bertz CT molecular complexity index is 371. The van der Waals surface area contributed by atoms with Gasteiger partial charge in [0.25, 0.3) is 0 Å². The fourth-order valence-electron chi connectivity index (χ4n) is 2.67.